The summed E-state index contributed by atoms with van der Waals surface area (Å²) in [5.41, 5.74) is 6.30. The van der Waals surface area contributed by atoms with E-state index in [0.29, 0.717) is 0 Å². The Labute approximate surface area is 243 Å². The van der Waals surface area contributed by atoms with Crippen LogP contribution in [0.2, 0.25) is 0 Å². The topological polar surface area (TPSA) is 0 Å². The van der Waals surface area contributed by atoms with Crippen LogP contribution in [0.1, 0.15) is 131 Å². The highest BCUT2D eigenvalue weighted by Gasteiger charge is 2.28. The second-order valence-electron chi connectivity index (χ2n) is 15.2. The summed E-state index contributed by atoms with van der Waals surface area (Å²) < 4.78 is 0. The summed E-state index contributed by atoms with van der Waals surface area (Å²) in [7, 11) is 0. The minimum absolute atomic E-state index is 0.121. The van der Waals surface area contributed by atoms with Gasteiger partial charge in [-0.2, -0.15) is 0 Å². The quantitative estimate of drug-likeness (QED) is 0.138. The Morgan fingerprint density at radius 3 is 0.725 bits per heavy atom. The molecule has 5 aromatic carbocycles. The maximum absolute atomic E-state index is 2.55. The standard InChI is InChI=1S/C40H52/c1-13-37(5,6)27-17-25-18-28(38(7,8)14-2)23-33-34-24-30(40(11,12)16-4)20-26-19-29(39(9,10)15-3)22-32(36(26)34)31(21-27)35(25)33/h17-24H,13-16H2,1-12H3. The third-order valence-electron chi connectivity index (χ3n) is 11.3. The Morgan fingerprint density at radius 1 is 0.350 bits per heavy atom. The van der Waals surface area contributed by atoms with Gasteiger partial charge in [0.15, 0.2) is 0 Å². The van der Waals surface area contributed by atoms with E-state index in [1.54, 1.807) is 0 Å². The first-order valence-electron chi connectivity index (χ1n) is 15.9. The smallest absolute Gasteiger partial charge is 0.00260 e. The lowest BCUT2D eigenvalue weighted by Crippen LogP contribution is -2.18. The van der Waals surface area contributed by atoms with Crippen LogP contribution in [0, 0.1) is 0 Å². The molecule has 0 spiro atoms. The second kappa shape index (κ2) is 9.47. The van der Waals surface area contributed by atoms with Crippen LogP contribution in [0.5, 0.6) is 0 Å². The van der Waals surface area contributed by atoms with Gasteiger partial charge in [0.05, 0.1) is 0 Å². The van der Waals surface area contributed by atoms with Gasteiger partial charge in [-0.15, -0.1) is 0 Å². The van der Waals surface area contributed by atoms with Crippen molar-refractivity contribution < 1.29 is 0 Å². The lowest BCUT2D eigenvalue weighted by Gasteiger charge is -2.30. The fraction of sp³-hybridized carbons (Fsp3) is 0.500. The first kappa shape index (κ1) is 28.9. The van der Waals surface area contributed by atoms with Crippen molar-refractivity contribution in [1.82, 2.24) is 0 Å². The minimum atomic E-state index is 0.121. The molecule has 5 rings (SSSR count). The van der Waals surface area contributed by atoms with E-state index in [1.165, 1.54) is 65.3 Å². The van der Waals surface area contributed by atoms with Crippen LogP contribution >= 0.6 is 0 Å². The highest BCUT2D eigenvalue weighted by molar-refractivity contribution is 6.33. The first-order valence-corrected chi connectivity index (χ1v) is 15.9. The van der Waals surface area contributed by atoms with Crippen LogP contribution in [0.4, 0.5) is 0 Å². The zero-order valence-electron chi connectivity index (χ0n) is 27.4. The molecule has 5 aromatic rings. The average molecular weight is 533 g/mol. The molecule has 0 amide bonds. The molecule has 0 atom stereocenters. The SMILES string of the molecule is CCC(C)(C)c1cc2cc(C(C)(C)CC)cc3c4cc(C(C)(C)CC)cc5cc(C(C)(C)CC)cc(c(c1)c23)c54. The summed E-state index contributed by atoms with van der Waals surface area (Å²) in [6.45, 7) is 28.6. The molecule has 0 heteroatoms. The lowest BCUT2D eigenvalue weighted by atomic mass is 9.74. The molecule has 0 saturated heterocycles. The van der Waals surface area contributed by atoms with Crippen molar-refractivity contribution >= 4 is 43.1 Å². The Kier molecular flexibility index (Phi) is 6.85. The molecule has 0 unspecified atom stereocenters. The molecule has 0 bridgehead atoms. The average Bonchev–Trinajstić information content (AvgIpc) is 2.94. The normalized spacial score (nSPS) is 13.9. The van der Waals surface area contributed by atoms with Gasteiger partial charge in [-0.25, -0.2) is 0 Å². The lowest BCUT2D eigenvalue weighted by molar-refractivity contribution is 0.505. The first-order chi connectivity index (χ1) is 18.6. The van der Waals surface area contributed by atoms with Crippen molar-refractivity contribution in [1.29, 1.82) is 0 Å². The molecule has 0 aliphatic heterocycles. The molecule has 0 aliphatic carbocycles. The second-order valence-corrected chi connectivity index (χ2v) is 15.2. The van der Waals surface area contributed by atoms with Gasteiger partial charge >= 0.3 is 0 Å². The van der Waals surface area contributed by atoms with Gasteiger partial charge < -0.3 is 0 Å². The van der Waals surface area contributed by atoms with Crippen molar-refractivity contribution in [2.75, 3.05) is 0 Å². The van der Waals surface area contributed by atoms with E-state index in [4.69, 9.17) is 0 Å². The van der Waals surface area contributed by atoms with Crippen molar-refractivity contribution in [3.8, 4) is 0 Å². The van der Waals surface area contributed by atoms with Crippen LogP contribution in [0.3, 0.4) is 0 Å². The Morgan fingerprint density at radius 2 is 0.550 bits per heavy atom. The van der Waals surface area contributed by atoms with E-state index in [9.17, 15) is 0 Å². The van der Waals surface area contributed by atoms with E-state index >= 15 is 0 Å². The van der Waals surface area contributed by atoms with E-state index in [1.807, 2.05) is 0 Å². The van der Waals surface area contributed by atoms with Gasteiger partial charge in [-0.3, -0.25) is 0 Å². The highest BCUT2D eigenvalue weighted by atomic mass is 14.3. The van der Waals surface area contributed by atoms with Gasteiger partial charge in [0.2, 0.25) is 0 Å². The van der Waals surface area contributed by atoms with Crippen molar-refractivity contribution in [3.63, 3.8) is 0 Å². The molecule has 0 N–H and O–H groups in total. The van der Waals surface area contributed by atoms with Gasteiger partial charge in [-0.1, -0.05) is 107 Å². The Balaban J connectivity index is 2.11. The molecule has 0 heterocycles. The summed E-state index contributed by atoms with van der Waals surface area (Å²) in [6.07, 6.45) is 4.48. The van der Waals surface area contributed by atoms with Crippen LogP contribution in [0.25, 0.3) is 43.1 Å². The summed E-state index contributed by atoms with van der Waals surface area (Å²) in [4.78, 5) is 0. The number of benzene rings is 5. The van der Waals surface area contributed by atoms with Crippen molar-refractivity contribution in [2.24, 2.45) is 0 Å². The number of fused-ring (bicyclic) bond motifs is 2. The highest BCUT2D eigenvalue weighted by Crippen LogP contribution is 2.47. The number of rotatable bonds is 8. The molecular weight excluding hydrogens is 480 g/mol. The maximum Gasteiger partial charge on any atom is -0.00260 e. The van der Waals surface area contributed by atoms with E-state index in [0.717, 1.165) is 25.7 Å². The third kappa shape index (κ3) is 4.42. The zero-order chi connectivity index (χ0) is 29.4. The van der Waals surface area contributed by atoms with Gasteiger partial charge in [-0.05, 0) is 137 Å². The fourth-order valence-electron chi connectivity index (χ4n) is 6.26. The molecular formula is C40H52. The predicted octanol–water partition coefficient (Wildman–Crippen LogP) is 12.5. The predicted molar refractivity (Wildman–Crippen MR) is 181 cm³/mol. The molecule has 0 fully saturated rings. The number of hydrogen-bond acceptors (Lipinski definition) is 0. The molecule has 40 heavy (non-hydrogen) atoms. The van der Waals surface area contributed by atoms with Crippen LogP contribution in [-0.4, -0.2) is 0 Å². The molecule has 0 aromatic heterocycles. The maximum atomic E-state index is 2.55. The molecule has 0 aliphatic rings. The van der Waals surface area contributed by atoms with Gasteiger partial charge in [0.1, 0.15) is 0 Å². The zero-order valence-corrected chi connectivity index (χ0v) is 27.4. The monoisotopic (exact) mass is 532 g/mol. The minimum Gasteiger partial charge on any atom is -0.0646 e. The molecule has 0 saturated carbocycles. The summed E-state index contributed by atoms with van der Waals surface area (Å²) >= 11 is 0. The summed E-state index contributed by atoms with van der Waals surface area (Å²) in [5, 5.41) is 11.4. The van der Waals surface area contributed by atoms with E-state index in [2.05, 4.69) is 132 Å². The molecule has 0 radical (unpaired) electrons. The van der Waals surface area contributed by atoms with E-state index < -0.39 is 0 Å². The van der Waals surface area contributed by atoms with Gasteiger partial charge in [0, 0.05) is 0 Å². The van der Waals surface area contributed by atoms with Crippen LogP contribution in [0.15, 0.2) is 48.5 Å². The molecule has 212 valence electrons. The number of hydrogen-bond donors (Lipinski definition) is 0. The summed E-state index contributed by atoms with van der Waals surface area (Å²) in [6, 6.07) is 20.3. The van der Waals surface area contributed by atoms with Crippen LogP contribution < -0.4 is 0 Å². The largest absolute Gasteiger partial charge is 0.0646 e. The van der Waals surface area contributed by atoms with Crippen LogP contribution in [-0.2, 0) is 21.7 Å². The van der Waals surface area contributed by atoms with E-state index in [-0.39, 0.29) is 21.7 Å². The third-order valence-corrected chi connectivity index (χ3v) is 11.3. The summed E-state index contributed by atoms with van der Waals surface area (Å²) in [5.74, 6) is 0. The van der Waals surface area contributed by atoms with Crippen molar-refractivity contribution in [3.05, 3.63) is 70.8 Å². The Hall–Kier alpha value is -2.60. The van der Waals surface area contributed by atoms with Gasteiger partial charge in [0.25, 0.3) is 0 Å². The fourth-order valence-corrected chi connectivity index (χ4v) is 6.26. The molecule has 0 nitrogen and oxygen atoms in total. The van der Waals surface area contributed by atoms with Crippen molar-refractivity contribution in [2.45, 2.75) is 130 Å². The Bertz CT molecular complexity index is 1470.